The number of carbonyl (C=O) groups is 1. The normalized spacial score (nSPS) is 15.0. The quantitative estimate of drug-likeness (QED) is 0.577. The van der Waals surface area contributed by atoms with Crippen LogP contribution in [0.15, 0.2) is 59.2 Å². The van der Waals surface area contributed by atoms with Gasteiger partial charge in [0.05, 0.1) is 21.3 Å². The fourth-order valence-corrected chi connectivity index (χ4v) is 2.55. The molecular formula is C21H19NO5. The largest absolute Gasteiger partial charge is 0.497 e. The Labute approximate surface area is 157 Å². The van der Waals surface area contributed by atoms with Gasteiger partial charge in [-0.05, 0) is 30.4 Å². The molecule has 0 amide bonds. The molecule has 2 aromatic carbocycles. The number of hydrogen-bond acceptors (Lipinski definition) is 6. The topological polar surface area (TPSA) is 66.3 Å². The summed E-state index contributed by atoms with van der Waals surface area (Å²) >= 11 is 0. The van der Waals surface area contributed by atoms with Crippen LogP contribution in [-0.2, 0) is 9.53 Å². The molecular weight excluding hydrogens is 346 g/mol. The van der Waals surface area contributed by atoms with E-state index in [1.54, 1.807) is 57.8 Å². The van der Waals surface area contributed by atoms with Crippen molar-refractivity contribution in [1.82, 2.24) is 0 Å². The van der Waals surface area contributed by atoms with E-state index in [0.717, 1.165) is 11.3 Å². The molecule has 0 saturated heterocycles. The predicted molar refractivity (Wildman–Crippen MR) is 103 cm³/mol. The van der Waals surface area contributed by atoms with Crippen LogP contribution in [0, 0.1) is 0 Å². The molecule has 0 fully saturated rings. The van der Waals surface area contributed by atoms with Gasteiger partial charge in [-0.1, -0.05) is 18.2 Å². The van der Waals surface area contributed by atoms with Gasteiger partial charge in [-0.3, -0.25) is 0 Å². The molecule has 27 heavy (non-hydrogen) atoms. The van der Waals surface area contributed by atoms with E-state index in [9.17, 15) is 4.79 Å². The van der Waals surface area contributed by atoms with Crippen molar-refractivity contribution >= 4 is 24.0 Å². The maximum absolute atomic E-state index is 12.1. The Morgan fingerprint density at radius 3 is 2.41 bits per heavy atom. The number of rotatable bonds is 6. The third-order valence-electron chi connectivity index (χ3n) is 3.91. The molecule has 0 aliphatic carbocycles. The zero-order valence-corrected chi connectivity index (χ0v) is 15.3. The van der Waals surface area contributed by atoms with Gasteiger partial charge in [-0.25, -0.2) is 9.79 Å². The zero-order chi connectivity index (χ0) is 19.2. The second-order valence-electron chi connectivity index (χ2n) is 5.55. The number of ether oxygens (including phenoxy) is 4. The molecule has 1 aliphatic heterocycles. The van der Waals surface area contributed by atoms with Gasteiger partial charge in [0.25, 0.3) is 0 Å². The lowest BCUT2D eigenvalue weighted by Gasteiger charge is -2.07. The van der Waals surface area contributed by atoms with E-state index in [2.05, 4.69) is 4.99 Å². The van der Waals surface area contributed by atoms with Gasteiger partial charge in [-0.15, -0.1) is 0 Å². The minimum atomic E-state index is -0.521. The minimum absolute atomic E-state index is 0.193. The number of methoxy groups -OCH3 is 3. The molecule has 138 valence electrons. The maximum Gasteiger partial charge on any atom is 0.363 e. The van der Waals surface area contributed by atoms with Crippen molar-refractivity contribution < 1.29 is 23.7 Å². The van der Waals surface area contributed by atoms with Crippen molar-refractivity contribution in [2.45, 2.75) is 0 Å². The molecule has 0 spiro atoms. The third-order valence-corrected chi connectivity index (χ3v) is 3.91. The Balaban J connectivity index is 1.86. The fraction of sp³-hybridized carbons (Fsp3) is 0.143. The summed E-state index contributed by atoms with van der Waals surface area (Å²) in [6.45, 7) is 0. The van der Waals surface area contributed by atoms with E-state index in [-0.39, 0.29) is 11.6 Å². The van der Waals surface area contributed by atoms with Gasteiger partial charge in [0.1, 0.15) is 17.2 Å². The number of carbonyl (C=O) groups excluding carboxylic acids is 1. The molecule has 0 aromatic heterocycles. The Bertz CT molecular complexity index is 943. The lowest BCUT2D eigenvalue weighted by atomic mass is 10.1. The summed E-state index contributed by atoms with van der Waals surface area (Å²) in [5, 5.41) is 0. The summed E-state index contributed by atoms with van der Waals surface area (Å²) < 4.78 is 21.0. The van der Waals surface area contributed by atoms with E-state index >= 15 is 0 Å². The highest BCUT2D eigenvalue weighted by Gasteiger charge is 2.22. The lowest BCUT2D eigenvalue weighted by molar-refractivity contribution is -0.129. The summed E-state index contributed by atoms with van der Waals surface area (Å²) in [6.07, 6.45) is 5.02. The molecule has 0 radical (unpaired) electrons. The van der Waals surface area contributed by atoms with Crippen LogP contribution < -0.4 is 14.2 Å². The van der Waals surface area contributed by atoms with Crippen molar-refractivity contribution in [3.05, 3.63) is 65.4 Å². The number of para-hydroxylation sites is 1. The van der Waals surface area contributed by atoms with Crippen molar-refractivity contribution in [2.75, 3.05) is 21.3 Å². The molecule has 0 bridgehead atoms. The zero-order valence-electron chi connectivity index (χ0n) is 15.3. The Morgan fingerprint density at radius 2 is 1.67 bits per heavy atom. The molecule has 2 aromatic rings. The summed E-state index contributed by atoms with van der Waals surface area (Å²) in [7, 11) is 4.73. The first-order valence-electron chi connectivity index (χ1n) is 8.20. The van der Waals surface area contributed by atoms with Crippen LogP contribution >= 0.6 is 0 Å². The van der Waals surface area contributed by atoms with Crippen LogP contribution in [0.25, 0.3) is 12.2 Å². The van der Waals surface area contributed by atoms with Crippen molar-refractivity contribution in [3.8, 4) is 17.2 Å². The molecule has 0 saturated carbocycles. The highest BCUT2D eigenvalue weighted by atomic mass is 16.6. The van der Waals surface area contributed by atoms with Gasteiger partial charge in [0.2, 0.25) is 5.90 Å². The number of hydrogen-bond donors (Lipinski definition) is 0. The highest BCUT2D eigenvalue weighted by molar-refractivity contribution is 6.11. The lowest BCUT2D eigenvalue weighted by Crippen LogP contribution is -2.01. The molecule has 3 rings (SSSR count). The number of nitrogens with zero attached hydrogens (tertiary/aromatic N) is 1. The van der Waals surface area contributed by atoms with Crippen LogP contribution in [0.1, 0.15) is 11.1 Å². The Kier molecular flexibility index (Phi) is 5.56. The van der Waals surface area contributed by atoms with Crippen molar-refractivity contribution in [1.29, 1.82) is 0 Å². The predicted octanol–water partition coefficient (Wildman–Crippen LogP) is 3.72. The molecule has 6 nitrogen and oxygen atoms in total. The van der Waals surface area contributed by atoms with E-state index in [4.69, 9.17) is 18.9 Å². The van der Waals surface area contributed by atoms with E-state index in [0.29, 0.717) is 17.1 Å². The molecule has 6 heteroatoms. The Morgan fingerprint density at radius 1 is 0.889 bits per heavy atom. The number of benzene rings is 2. The van der Waals surface area contributed by atoms with Gasteiger partial charge in [-0.2, -0.15) is 0 Å². The smallest absolute Gasteiger partial charge is 0.363 e. The van der Waals surface area contributed by atoms with Gasteiger partial charge < -0.3 is 18.9 Å². The van der Waals surface area contributed by atoms with Crippen molar-refractivity contribution in [2.24, 2.45) is 4.99 Å². The number of cyclic esters (lactones) is 1. The van der Waals surface area contributed by atoms with E-state index in [1.165, 1.54) is 0 Å². The highest BCUT2D eigenvalue weighted by Crippen LogP contribution is 2.28. The molecule has 0 atom stereocenters. The standard InChI is InChI=1S/C21H19NO5/c1-24-16-10-8-15(19(13-16)26-3)12-17-21(23)27-20(22-17)11-9-14-6-4-5-7-18(14)25-2/h4-13H,1-3H3/b11-9+,17-12+. The molecule has 1 aliphatic rings. The monoisotopic (exact) mass is 365 g/mol. The number of aliphatic imine (C=N–C) groups is 1. The first kappa shape index (κ1) is 18.3. The van der Waals surface area contributed by atoms with Gasteiger partial charge in [0, 0.05) is 23.3 Å². The van der Waals surface area contributed by atoms with E-state index < -0.39 is 5.97 Å². The SMILES string of the molecule is COc1ccc(/C=C2N=C(/C=C/c3ccccc3OC)OC/2=O)c(OC)c1. The van der Waals surface area contributed by atoms with E-state index in [1.807, 2.05) is 24.3 Å². The van der Waals surface area contributed by atoms with Gasteiger partial charge >= 0.3 is 5.97 Å². The summed E-state index contributed by atoms with van der Waals surface area (Å²) in [5.41, 5.74) is 1.75. The average Bonchev–Trinajstić information content (AvgIpc) is 3.06. The second kappa shape index (κ2) is 8.23. The first-order chi connectivity index (χ1) is 13.1. The van der Waals surface area contributed by atoms with Crippen LogP contribution in [0.3, 0.4) is 0 Å². The summed E-state index contributed by atoms with van der Waals surface area (Å²) in [6, 6.07) is 12.8. The Hall–Kier alpha value is -3.54. The average molecular weight is 365 g/mol. The first-order valence-corrected chi connectivity index (χ1v) is 8.20. The molecule has 0 N–H and O–H groups in total. The number of esters is 1. The van der Waals surface area contributed by atoms with Crippen molar-refractivity contribution in [3.63, 3.8) is 0 Å². The fourth-order valence-electron chi connectivity index (χ4n) is 2.55. The van der Waals surface area contributed by atoms with Crippen LogP contribution in [0.2, 0.25) is 0 Å². The maximum atomic E-state index is 12.1. The van der Waals surface area contributed by atoms with Crippen LogP contribution in [-0.4, -0.2) is 33.2 Å². The molecule has 0 unspecified atom stereocenters. The summed E-state index contributed by atoms with van der Waals surface area (Å²) in [4.78, 5) is 16.4. The third kappa shape index (κ3) is 4.17. The van der Waals surface area contributed by atoms with Crippen LogP contribution in [0.5, 0.6) is 17.2 Å². The second-order valence-corrected chi connectivity index (χ2v) is 5.55. The minimum Gasteiger partial charge on any atom is -0.497 e. The van der Waals surface area contributed by atoms with Crippen LogP contribution in [0.4, 0.5) is 0 Å². The molecule has 1 heterocycles. The van der Waals surface area contributed by atoms with Gasteiger partial charge in [0.15, 0.2) is 5.70 Å². The summed E-state index contributed by atoms with van der Waals surface area (Å²) in [5.74, 6) is 1.64.